The summed E-state index contributed by atoms with van der Waals surface area (Å²) in [6, 6.07) is 10.9. The molecule has 4 fully saturated rings. The van der Waals surface area contributed by atoms with Gasteiger partial charge in [-0.15, -0.1) is 0 Å². The Kier molecular flexibility index (Phi) is 6.05. The van der Waals surface area contributed by atoms with Crippen LogP contribution >= 0.6 is 0 Å². The summed E-state index contributed by atoms with van der Waals surface area (Å²) in [5, 5.41) is 0. The lowest BCUT2D eigenvalue weighted by Crippen LogP contribution is -2.65. The Morgan fingerprint density at radius 1 is 1.03 bits per heavy atom. The van der Waals surface area contributed by atoms with Gasteiger partial charge in [0, 0.05) is 25.2 Å². The molecule has 1 aromatic rings. The predicted molar refractivity (Wildman–Crippen MR) is 124 cm³/mol. The highest BCUT2D eigenvalue weighted by molar-refractivity contribution is 5.81. The average molecular weight is 421 g/mol. The van der Waals surface area contributed by atoms with Gasteiger partial charge in [-0.3, -0.25) is 4.79 Å². The van der Waals surface area contributed by atoms with Crippen LogP contribution in [0.2, 0.25) is 0 Å². The SMILES string of the molecule is O=C(O[C@H]1C[N+]2(CCc3ccccc3)CCC1CC2)C1(C2=CC=CC2)CCCCCC1. The molecule has 2 aliphatic carbocycles. The van der Waals surface area contributed by atoms with E-state index >= 15 is 0 Å². The van der Waals surface area contributed by atoms with E-state index in [1.54, 1.807) is 0 Å². The summed E-state index contributed by atoms with van der Waals surface area (Å²) in [6.07, 6.45) is 17.9. The molecule has 1 saturated carbocycles. The number of allylic oxidation sites excluding steroid dienone is 3. The molecule has 0 aromatic heterocycles. The molecule has 0 N–H and O–H groups in total. The van der Waals surface area contributed by atoms with Gasteiger partial charge in [0.15, 0.2) is 6.10 Å². The molecule has 3 heterocycles. The quantitative estimate of drug-likeness (QED) is 0.340. The molecule has 31 heavy (non-hydrogen) atoms. The lowest BCUT2D eigenvalue weighted by Gasteiger charge is -2.52. The van der Waals surface area contributed by atoms with Crippen molar-refractivity contribution in [3.05, 3.63) is 59.7 Å². The molecule has 6 rings (SSSR count). The van der Waals surface area contributed by atoms with Crippen molar-refractivity contribution in [2.45, 2.75) is 70.3 Å². The Bertz CT molecular complexity index is 824. The van der Waals surface area contributed by atoms with E-state index in [-0.39, 0.29) is 17.5 Å². The van der Waals surface area contributed by atoms with E-state index in [1.807, 2.05) is 0 Å². The minimum Gasteiger partial charge on any atom is -0.455 e. The Hall–Kier alpha value is -1.87. The largest absolute Gasteiger partial charge is 0.455 e. The molecule has 166 valence electrons. The lowest BCUT2D eigenvalue weighted by molar-refractivity contribution is -0.946. The number of rotatable bonds is 6. The summed E-state index contributed by atoms with van der Waals surface area (Å²) in [6.45, 7) is 4.71. The molecule has 5 aliphatic rings. The first kappa shape index (κ1) is 21.0. The average Bonchev–Trinajstić information content (AvgIpc) is 3.24. The second-order valence-electron chi connectivity index (χ2n) is 10.5. The maximum Gasteiger partial charge on any atom is 0.316 e. The number of piperidine rings is 3. The molecule has 3 saturated heterocycles. The second-order valence-corrected chi connectivity index (χ2v) is 10.5. The van der Waals surface area contributed by atoms with E-state index in [1.165, 1.54) is 56.5 Å². The van der Waals surface area contributed by atoms with E-state index < -0.39 is 0 Å². The first-order valence-corrected chi connectivity index (χ1v) is 12.7. The van der Waals surface area contributed by atoms with Crippen LogP contribution in [0, 0.1) is 11.3 Å². The highest BCUT2D eigenvalue weighted by Crippen LogP contribution is 2.46. The van der Waals surface area contributed by atoms with Crippen molar-refractivity contribution in [2.24, 2.45) is 11.3 Å². The van der Waals surface area contributed by atoms with Crippen molar-refractivity contribution in [3.63, 3.8) is 0 Å². The number of quaternary nitrogens is 1. The number of ether oxygens (including phenoxy) is 1. The van der Waals surface area contributed by atoms with Gasteiger partial charge in [-0.2, -0.15) is 0 Å². The first-order chi connectivity index (χ1) is 15.2. The van der Waals surface area contributed by atoms with E-state index in [0.717, 1.165) is 49.6 Å². The fraction of sp³-hybridized carbons (Fsp3) is 0.607. The molecule has 0 spiro atoms. The van der Waals surface area contributed by atoms with Crippen LogP contribution in [0.3, 0.4) is 0 Å². The smallest absolute Gasteiger partial charge is 0.316 e. The maximum atomic E-state index is 13.8. The van der Waals surface area contributed by atoms with Gasteiger partial charge in [-0.05, 0) is 30.4 Å². The standard InChI is InChI=1S/C28H38NO2/c30-27(28(25-12-6-7-13-25)17-8-1-2-9-18-28)31-26-22-29(20-15-24(26)16-21-29)19-14-23-10-4-3-5-11-23/h3-7,10-12,24,26H,1-2,8-9,13-22H2/q+1/t24?,26-,29?/m0/s1. The summed E-state index contributed by atoms with van der Waals surface area (Å²) >= 11 is 0. The monoisotopic (exact) mass is 420 g/mol. The molecule has 1 atom stereocenters. The predicted octanol–water partition coefficient (Wildman–Crippen LogP) is 5.61. The van der Waals surface area contributed by atoms with Gasteiger partial charge in [0.05, 0.1) is 25.0 Å². The van der Waals surface area contributed by atoms with Crippen molar-refractivity contribution in [1.29, 1.82) is 0 Å². The molecule has 0 radical (unpaired) electrons. The van der Waals surface area contributed by atoms with Crippen molar-refractivity contribution < 1.29 is 14.0 Å². The van der Waals surface area contributed by atoms with Crippen molar-refractivity contribution >= 4 is 5.97 Å². The van der Waals surface area contributed by atoms with Gasteiger partial charge < -0.3 is 9.22 Å². The minimum atomic E-state index is -0.360. The Labute approximate surface area is 187 Å². The Morgan fingerprint density at radius 3 is 2.45 bits per heavy atom. The molecule has 1 aromatic carbocycles. The summed E-state index contributed by atoms with van der Waals surface area (Å²) in [5.41, 5.74) is 2.38. The van der Waals surface area contributed by atoms with Crippen LogP contribution in [-0.4, -0.2) is 42.7 Å². The third-order valence-corrected chi connectivity index (χ3v) is 8.75. The van der Waals surface area contributed by atoms with Crippen LogP contribution < -0.4 is 0 Å². The van der Waals surface area contributed by atoms with Gasteiger partial charge in [0.2, 0.25) is 0 Å². The molecular formula is C28H38NO2+. The number of hydrogen-bond acceptors (Lipinski definition) is 2. The number of nitrogens with zero attached hydrogens (tertiary/aromatic N) is 1. The van der Waals surface area contributed by atoms with Gasteiger partial charge in [-0.25, -0.2) is 0 Å². The van der Waals surface area contributed by atoms with Crippen LogP contribution in [0.25, 0.3) is 0 Å². The van der Waals surface area contributed by atoms with Gasteiger partial charge in [0.1, 0.15) is 6.54 Å². The zero-order valence-electron chi connectivity index (χ0n) is 18.9. The second kappa shape index (κ2) is 8.94. The zero-order chi connectivity index (χ0) is 21.2. The molecule has 2 bridgehead atoms. The lowest BCUT2D eigenvalue weighted by atomic mass is 9.73. The maximum absolute atomic E-state index is 13.8. The van der Waals surface area contributed by atoms with Crippen LogP contribution in [0.1, 0.15) is 63.4 Å². The molecule has 3 aliphatic heterocycles. The molecule has 3 heteroatoms. The molecule has 0 amide bonds. The van der Waals surface area contributed by atoms with Gasteiger partial charge in [0.25, 0.3) is 0 Å². The first-order valence-electron chi connectivity index (χ1n) is 12.7. The van der Waals surface area contributed by atoms with E-state index in [4.69, 9.17) is 4.74 Å². The Balaban J connectivity index is 1.29. The number of hydrogen-bond donors (Lipinski definition) is 0. The number of benzene rings is 1. The highest BCUT2D eigenvalue weighted by Gasteiger charge is 2.50. The summed E-state index contributed by atoms with van der Waals surface area (Å²) in [7, 11) is 0. The van der Waals surface area contributed by atoms with Crippen molar-refractivity contribution in [2.75, 3.05) is 26.2 Å². The summed E-state index contributed by atoms with van der Waals surface area (Å²) in [4.78, 5) is 13.8. The summed E-state index contributed by atoms with van der Waals surface area (Å²) < 4.78 is 7.63. The van der Waals surface area contributed by atoms with Gasteiger partial charge >= 0.3 is 5.97 Å². The fourth-order valence-corrected chi connectivity index (χ4v) is 6.72. The van der Waals surface area contributed by atoms with E-state index in [0.29, 0.717) is 5.92 Å². The van der Waals surface area contributed by atoms with Crippen molar-refractivity contribution in [1.82, 2.24) is 0 Å². The number of carbonyl (C=O) groups is 1. The van der Waals surface area contributed by atoms with Crippen molar-refractivity contribution in [3.8, 4) is 0 Å². The molecule has 0 unspecified atom stereocenters. The minimum absolute atomic E-state index is 0.101. The van der Waals surface area contributed by atoms with E-state index in [2.05, 4.69) is 48.6 Å². The van der Waals surface area contributed by atoms with Crippen LogP contribution in [0.5, 0.6) is 0 Å². The fourth-order valence-electron chi connectivity index (χ4n) is 6.72. The topological polar surface area (TPSA) is 26.3 Å². The van der Waals surface area contributed by atoms with Crippen LogP contribution in [-0.2, 0) is 16.0 Å². The number of carbonyl (C=O) groups excluding carboxylic acids is 1. The zero-order valence-corrected chi connectivity index (χ0v) is 18.9. The van der Waals surface area contributed by atoms with E-state index in [9.17, 15) is 4.79 Å². The number of esters is 1. The molecular weight excluding hydrogens is 382 g/mol. The third-order valence-electron chi connectivity index (χ3n) is 8.75. The normalized spacial score (nSPS) is 31.8. The number of fused-ring (bicyclic) bond motifs is 3. The van der Waals surface area contributed by atoms with Crippen LogP contribution in [0.4, 0.5) is 0 Å². The molecule has 3 nitrogen and oxygen atoms in total. The third kappa shape index (κ3) is 4.26. The summed E-state index contributed by atoms with van der Waals surface area (Å²) in [5.74, 6) is 0.670. The Morgan fingerprint density at radius 2 is 1.77 bits per heavy atom. The van der Waals surface area contributed by atoms with Gasteiger partial charge in [-0.1, -0.05) is 74.2 Å². The van der Waals surface area contributed by atoms with Crippen LogP contribution in [0.15, 0.2) is 54.1 Å². The highest BCUT2D eigenvalue weighted by atomic mass is 16.5.